The molecule has 0 amide bonds. The quantitative estimate of drug-likeness (QED) is 0.820. The standard InChI is InChI=1S/C12H21N5/c1-11-12(14-4-3-13-11)15-5-6-17-9-7-16(2)8-10-17/h3-4H,5-10H2,1-2H3,(H,14,15). The summed E-state index contributed by atoms with van der Waals surface area (Å²) in [5, 5.41) is 3.34. The second-order valence-electron chi connectivity index (χ2n) is 4.56. The van der Waals surface area contributed by atoms with Crippen LogP contribution in [0.15, 0.2) is 12.4 Å². The molecular weight excluding hydrogens is 214 g/mol. The molecular formula is C12H21N5. The first-order valence-corrected chi connectivity index (χ1v) is 6.18. The lowest BCUT2D eigenvalue weighted by atomic mass is 10.3. The van der Waals surface area contributed by atoms with Gasteiger partial charge < -0.3 is 10.2 Å². The number of hydrogen-bond donors (Lipinski definition) is 1. The normalized spacial score (nSPS) is 18.2. The van der Waals surface area contributed by atoms with Gasteiger partial charge in [-0.25, -0.2) is 4.98 Å². The Balaban J connectivity index is 1.71. The number of aromatic nitrogens is 2. The third-order valence-corrected chi connectivity index (χ3v) is 3.20. The van der Waals surface area contributed by atoms with E-state index >= 15 is 0 Å². The van der Waals surface area contributed by atoms with Crippen molar-refractivity contribution in [1.82, 2.24) is 19.8 Å². The highest BCUT2D eigenvalue weighted by Crippen LogP contribution is 2.05. The molecule has 1 aliphatic heterocycles. The number of piperazine rings is 1. The molecule has 1 fully saturated rings. The SMILES string of the molecule is Cc1nccnc1NCCN1CCN(C)CC1. The molecule has 1 aromatic rings. The monoisotopic (exact) mass is 235 g/mol. The number of likely N-dealkylation sites (N-methyl/N-ethyl adjacent to an activating group) is 1. The fourth-order valence-corrected chi connectivity index (χ4v) is 1.99. The van der Waals surface area contributed by atoms with Crippen molar-refractivity contribution < 1.29 is 0 Å². The largest absolute Gasteiger partial charge is 0.367 e. The first-order chi connectivity index (χ1) is 8.25. The molecule has 0 radical (unpaired) electrons. The molecule has 2 heterocycles. The highest BCUT2D eigenvalue weighted by molar-refractivity contribution is 5.38. The minimum atomic E-state index is 0.904. The van der Waals surface area contributed by atoms with Crippen LogP contribution < -0.4 is 5.32 Å². The lowest BCUT2D eigenvalue weighted by molar-refractivity contribution is 0.158. The van der Waals surface area contributed by atoms with Crippen molar-refractivity contribution >= 4 is 5.82 Å². The van der Waals surface area contributed by atoms with Crippen LogP contribution in [0.2, 0.25) is 0 Å². The average Bonchev–Trinajstić information content (AvgIpc) is 2.34. The maximum atomic E-state index is 4.27. The van der Waals surface area contributed by atoms with Gasteiger partial charge in [-0.1, -0.05) is 0 Å². The zero-order valence-corrected chi connectivity index (χ0v) is 10.7. The topological polar surface area (TPSA) is 44.3 Å². The van der Waals surface area contributed by atoms with Gasteiger partial charge in [-0.15, -0.1) is 0 Å². The van der Waals surface area contributed by atoms with E-state index in [1.165, 1.54) is 13.1 Å². The summed E-state index contributed by atoms with van der Waals surface area (Å²) in [6.07, 6.45) is 3.45. The lowest BCUT2D eigenvalue weighted by Crippen LogP contribution is -2.45. The third-order valence-electron chi connectivity index (χ3n) is 3.20. The Morgan fingerprint density at radius 1 is 1.18 bits per heavy atom. The second-order valence-corrected chi connectivity index (χ2v) is 4.56. The van der Waals surface area contributed by atoms with Crippen molar-refractivity contribution in [1.29, 1.82) is 0 Å². The second kappa shape index (κ2) is 5.93. The van der Waals surface area contributed by atoms with Crippen LogP contribution in [-0.2, 0) is 0 Å². The van der Waals surface area contributed by atoms with Crippen LogP contribution in [0.25, 0.3) is 0 Å². The molecule has 0 spiro atoms. The van der Waals surface area contributed by atoms with E-state index in [0.717, 1.165) is 37.7 Å². The minimum Gasteiger partial charge on any atom is -0.367 e. The van der Waals surface area contributed by atoms with Gasteiger partial charge in [-0.05, 0) is 14.0 Å². The van der Waals surface area contributed by atoms with Crippen LogP contribution in [0, 0.1) is 6.92 Å². The summed E-state index contributed by atoms with van der Waals surface area (Å²) in [5.74, 6) is 0.904. The Bertz CT molecular complexity index is 347. The van der Waals surface area contributed by atoms with Gasteiger partial charge in [0.1, 0.15) is 5.82 Å². The molecule has 2 rings (SSSR count). The Hall–Kier alpha value is -1.20. The molecule has 1 aromatic heterocycles. The molecule has 0 saturated carbocycles. The third kappa shape index (κ3) is 3.64. The molecule has 1 N–H and O–H groups in total. The van der Waals surface area contributed by atoms with E-state index in [1.54, 1.807) is 12.4 Å². The summed E-state index contributed by atoms with van der Waals surface area (Å²) in [4.78, 5) is 13.3. The van der Waals surface area contributed by atoms with E-state index in [2.05, 4.69) is 32.1 Å². The van der Waals surface area contributed by atoms with Gasteiger partial charge in [0.05, 0.1) is 5.69 Å². The van der Waals surface area contributed by atoms with Crippen molar-refractivity contribution in [2.24, 2.45) is 0 Å². The van der Waals surface area contributed by atoms with Crippen LogP contribution in [0.5, 0.6) is 0 Å². The van der Waals surface area contributed by atoms with Crippen molar-refractivity contribution in [3.05, 3.63) is 18.1 Å². The molecule has 0 aromatic carbocycles. The van der Waals surface area contributed by atoms with Crippen LogP contribution in [-0.4, -0.2) is 66.1 Å². The summed E-state index contributed by atoms with van der Waals surface area (Å²) in [6, 6.07) is 0. The van der Waals surface area contributed by atoms with Gasteiger partial charge in [0.2, 0.25) is 0 Å². The highest BCUT2D eigenvalue weighted by atomic mass is 15.2. The zero-order chi connectivity index (χ0) is 12.1. The average molecular weight is 235 g/mol. The first kappa shape index (κ1) is 12.3. The van der Waals surface area contributed by atoms with Crippen molar-refractivity contribution in [2.75, 3.05) is 51.6 Å². The molecule has 17 heavy (non-hydrogen) atoms. The molecule has 5 nitrogen and oxygen atoms in total. The fraction of sp³-hybridized carbons (Fsp3) is 0.667. The van der Waals surface area contributed by atoms with Crippen LogP contribution >= 0.6 is 0 Å². The number of nitrogens with one attached hydrogen (secondary N) is 1. The predicted molar refractivity (Wildman–Crippen MR) is 69.2 cm³/mol. The van der Waals surface area contributed by atoms with Gasteiger partial charge >= 0.3 is 0 Å². The van der Waals surface area contributed by atoms with Crippen LogP contribution in [0.3, 0.4) is 0 Å². The Labute approximate surface area is 103 Å². The zero-order valence-electron chi connectivity index (χ0n) is 10.7. The number of nitrogens with zero attached hydrogens (tertiary/aromatic N) is 4. The number of aryl methyl sites for hydroxylation is 1. The number of hydrogen-bond acceptors (Lipinski definition) is 5. The van der Waals surface area contributed by atoms with Crippen molar-refractivity contribution in [3.8, 4) is 0 Å². The summed E-state index contributed by atoms with van der Waals surface area (Å²) in [5.41, 5.74) is 0.964. The Morgan fingerprint density at radius 3 is 2.59 bits per heavy atom. The molecule has 0 bridgehead atoms. The van der Waals surface area contributed by atoms with Crippen molar-refractivity contribution in [3.63, 3.8) is 0 Å². The Morgan fingerprint density at radius 2 is 1.88 bits per heavy atom. The molecule has 0 aliphatic carbocycles. The molecule has 94 valence electrons. The van der Waals surface area contributed by atoms with E-state index in [1.807, 2.05) is 6.92 Å². The maximum absolute atomic E-state index is 4.27. The lowest BCUT2D eigenvalue weighted by Gasteiger charge is -2.32. The minimum absolute atomic E-state index is 0.904. The molecule has 1 saturated heterocycles. The number of rotatable bonds is 4. The smallest absolute Gasteiger partial charge is 0.147 e. The van der Waals surface area contributed by atoms with E-state index < -0.39 is 0 Å². The molecule has 0 unspecified atom stereocenters. The first-order valence-electron chi connectivity index (χ1n) is 6.18. The van der Waals surface area contributed by atoms with Gasteiger partial charge in [0, 0.05) is 51.7 Å². The predicted octanol–water partition coefficient (Wildman–Crippen LogP) is 0.444. The summed E-state index contributed by atoms with van der Waals surface area (Å²) in [7, 11) is 2.18. The van der Waals surface area contributed by atoms with Crippen LogP contribution in [0.1, 0.15) is 5.69 Å². The maximum Gasteiger partial charge on any atom is 0.147 e. The van der Waals surface area contributed by atoms with Gasteiger partial charge in [-0.2, -0.15) is 0 Å². The fourth-order valence-electron chi connectivity index (χ4n) is 1.99. The summed E-state index contributed by atoms with van der Waals surface area (Å²) < 4.78 is 0. The van der Waals surface area contributed by atoms with Crippen LogP contribution in [0.4, 0.5) is 5.82 Å². The van der Waals surface area contributed by atoms with Crippen molar-refractivity contribution in [2.45, 2.75) is 6.92 Å². The van der Waals surface area contributed by atoms with E-state index in [9.17, 15) is 0 Å². The summed E-state index contributed by atoms with van der Waals surface area (Å²) in [6.45, 7) is 8.65. The molecule has 1 aliphatic rings. The molecule has 0 atom stereocenters. The summed E-state index contributed by atoms with van der Waals surface area (Å²) >= 11 is 0. The van der Waals surface area contributed by atoms with Gasteiger partial charge in [0.25, 0.3) is 0 Å². The van der Waals surface area contributed by atoms with E-state index in [-0.39, 0.29) is 0 Å². The number of anilines is 1. The van der Waals surface area contributed by atoms with E-state index in [4.69, 9.17) is 0 Å². The highest BCUT2D eigenvalue weighted by Gasteiger charge is 2.12. The Kier molecular flexibility index (Phi) is 4.28. The van der Waals surface area contributed by atoms with E-state index in [0.29, 0.717) is 0 Å². The molecule has 5 heteroatoms. The van der Waals surface area contributed by atoms with Gasteiger partial charge in [0.15, 0.2) is 0 Å². The van der Waals surface area contributed by atoms with Gasteiger partial charge in [-0.3, -0.25) is 9.88 Å².